The maximum Gasteiger partial charge on any atom is 0.162 e. The van der Waals surface area contributed by atoms with Crippen molar-refractivity contribution >= 4 is 17.2 Å². The lowest BCUT2D eigenvalue weighted by Crippen LogP contribution is -2.36. The van der Waals surface area contributed by atoms with Gasteiger partial charge in [0, 0.05) is 36.4 Å². The molecule has 2 heterocycles. The molecule has 0 radical (unpaired) electrons. The third-order valence-corrected chi connectivity index (χ3v) is 6.92. The van der Waals surface area contributed by atoms with Crippen LogP contribution in [0.2, 0.25) is 0 Å². The molecule has 0 aliphatic carbocycles. The lowest BCUT2D eigenvalue weighted by Gasteiger charge is -2.39. The lowest BCUT2D eigenvalue weighted by molar-refractivity contribution is 0.0829. The van der Waals surface area contributed by atoms with E-state index >= 15 is 0 Å². The number of carbonyl (C=O) groups is 1. The van der Waals surface area contributed by atoms with Gasteiger partial charge in [-0.05, 0) is 66.1 Å². The molecule has 0 aromatic heterocycles. The Bertz CT molecular complexity index is 968. The van der Waals surface area contributed by atoms with Gasteiger partial charge < -0.3 is 25.2 Å². The Morgan fingerprint density at radius 3 is 2.76 bits per heavy atom. The van der Waals surface area contributed by atoms with Crippen LogP contribution in [-0.2, 0) is 10.2 Å². The summed E-state index contributed by atoms with van der Waals surface area (Å²) in [7, 11) is 0. The van der Waals surface area contributed by atoms with E-state index in [1.807, 2.05) is 18.2 Å². The zero-order valence-electron chi connectivity index (χ0n) is 19.7. The van der Waals surface area contributed by atoms with Gasteiger partial charge in [0.05, 0.1) is 32.0 Å². The van der Waals surface area contributed by atoms with Crippen molar-refractivity contribution in [1.29, 1.82) is 0 Å². The first-order valence-corrected chi connectivity index (χ1v) is 12.0. The van der Waals surface area contributed by atoms with Crippen molar-refractivity contribution in [3.63, 3.8) is 0 Å². The second kappa shape index (κ2) is 10.2. The minimum atomic E-state index is -0.747. The Morgan fingerprint density at radius 2 is 2.00 bits per heavy atom. The highest BCUT2D eigenvalue weighted by Crippen LogP contribution is 2.44. The molecule has 2 atom stereocenters. The summed E-state index contributed by atoms with van der Waals surface area (Å²) in [4.78, 5) is 15.1. The standard InChI is InChI=1S/C27H36N2O4/c1-27(2)17-25(19-5-3-6-21(15-19)29-11-13-33-14-12-29)28-24-10-9-20(16-23(24)27)26(32)8-4-7-22(31)18-30/h3,5-6,9-10,15-16,22,25,28,30-31H,4,7-8,11-14,17-18H2,1-2H3. The third kappa shape index (κ3) is 5.57. The van der Waals surface area contributed by atoms with Gasteiger partial charge in [0.25, 0.3) is 0 Å². The van der Waals surface area contributed by atoms with Crippen LogP contribution < -0.4 is 10.2 Å². The van der Waals surface area contributed by atoms with Crippen LogP contribution in [0.5, 0.6) is 0 Å². The van der Waals surface area contributed by atoms with Crippen molar-refractivity contribution in [2.24, 2.45) is 0 Å². The van der Waals surface area contributed by atoms with E-state index < -0.39 is 6.10 Å². The summed E-state index contributed by atoms with van der Waals surface area (Å²) in [5.74, 6) is 0.0825. The molecule has 2 aromatic carbocycles. The minimum absolute atomic E-state index is 0.0798. The number of benzene rings is 2. The van der Waals surface area contributed by atoms with Crippen LogP contribution in [0.4, 0.5) is 11.4 Å². The zero-order chi connectivity index (χ0) is 23.4. The normalized spacial score (nSPS) is 20.6. The summed E-state index contributed by atoms with van der Waals surface area (Å²) in [6, 6.07) is 15.0. The predicted molar refractivity (Wildman–Crippen MR) is 131 cm³/mol. The van der Waals surface area contributed by atoms with Crippen molar-refractivity contribution in [3.05, 3.63) is 59.2 Å². The molecule has 2 unspecified atom stereocenters. The Kier molecular flexibility index (Phi) is 7.37. The number of carbonyl (C=O) groups excluding carboxylic acids is 1. The average molecular weight is 453 g/mol. The summed E-state index contributed by atoms with van der Waals surface area (Å²) in [6.45, 7) is 7.63. The summed E-state index contributed by atoms with van der Waals surface area (Å²) in [5.41, 5.74) is 5.41. The van der Waals surface area contributed by atoms with Crippen LogP contribution in [0.1, 0.15) is 67.1 Å². The van der Waals surface area contributed by atoms with Gasteiger partial charge in [-0.15, -0.1) is 0 Å². The number of morpholine rings is 1. The van der Waals surface area contributed by atoms with Crippen LogP contribution >= 0.6 is 0 Å². The fraction of sp³-hybridized carbons (Fsp3) is 0.519. The second-order valence-electron chi connectivity index (χ2n) is 9.89. The molecular weight excluding hydrogens is 416 g/mol. The molecule has 0 bridgehead atoms. The maximum absolute atomic E-state index is 12.7. The lowest BCUT2D eigenvalue weighted by atomic mass is 9.73. The van der Waals surface area contributed by atoms with E-state index in [1.165, 1.54) is 16.8 Å². The third-order valence-electron chi connectivity index (χ3n) is 6.92. The molecule has 6 nitrogen and oxygen atoms in total. The van der Waals surface area contributed by atoms with Gasteiger partial charge in [-0.2, -0.15) is 0 Å². The van der Waals surface area contributed by atoms with Gasteiger partial charge in [-0.1, -0.05) is 26.0 Å². The molecule has 6 heteroatoms. The van der Waals surface area contributed by atoms with E-state index in [4.69, 9.17) is 9.84 Å². The number of nitrogens with zero attached hydrogens (tertiary/aromatic N) is 1. The Balaban J connectivity index is 1.49. The fourth-order valence-corrected chi connectivity index (χ4v) is 4.96. The number of hydrogen-bond donors (Lipinski definition) is 3. The van der Waals surface area contributed by atoms with Crippen molar-refractivity contribution in [3.8, 4) is 0 Å². The molecule has 1 saturated heterocycles. The molecule has 33 heavy (non-hydrogen) atoms. The molecular formula is C27H36N2O4. The number of Topliss-reactive ketones (excluding diaryl/α,β-unsaturated/α-hetero) is 1. The Morgan fingerprint density at radius 1 is 1.21 bits per heavy atom. The van der Waals surface area contributed by atoms with Crippen LogP contribution in [-0.4, -0.2) is 55.0 Å². The first-order chi connectivity index (χ1) is 15.9. The molecule has 0 spiro atoms. The molecule has 1 fully saturated rings. The minimum Gasteiger partial charge on any atom is -0.394 e. The van der Waals surface area contributed by atoms with E-state index in [1.54, 1.807) is 0 Å². The molecule has 0 amide bonds. The molecule has 2 aromatic rings. The van der Waals surface area contributed by atoms with Gasteiger partial charge in [0.15, 0.2) is 5.78 Å². The second-order valence-corrected chi connectivity index (χ2v) is 9.89. The number of fused-ring (bicyclic) bond motifs is 1. The molecule has 2 aliphatic heterocycles. The highest BCUT2D eigenvalue weighted by atomic mass is 16.5. The highest BCUT2D eigenvalue weighted by molar-refractivity contribution is 5.96. The fourth-order valence-electron chi connectivity index (χ4n) is 4.96. The smallest absolute Gasteiger partial charge is 0.162 e. The van der Waals surface area contributed by atoms with Crippen LogP contribution in [0.3, 0.4) is 0 Å². The number of ketones is 1. The van der Waals surface area contributed by atoms with Gasteiger partial charge in [0.2, 0.25) is 0 Å². The number of rotatable bonds is 8. The SMILES string of the molecule is CC1(C)CC(c2cccc(N3CCOCC3)c2)Nc2ccc(C(=O)CCCC(O)CO)cc21. The highest BCUT2D eigenvalue weighted by Gasteiger charge is 2.34. The summed E-state index contributed by atoms with van der Waals surface area (Å²) in [6.07, 6.45) is 1.57. The van der Waals surface area contributed by atoms with E-state index in [0.717, 1.165) is 44.0 Å². The molecule has 3 N–H and O–H groups in total. The van der Waals surface area contributed by atoms with Gasteiger partial charge in [-0.3, -0.25) is 4.79 Å². The van der Waals surface area contributed by atoms with E-state index in [0.29, 0.717) is 19.3 Å². The van der Waals surface area contributed by atoms with Gasteiger partial charge in [0.1, 0.15) is 0 Å². The van der Waals surface area contributed by atoms with Crippen molar-refractivity contribution in [2.75, 3.05) is 43.1 Å². The van der Waals surface area contributed by atoms with E-state index in [2.05, 4.69) is 48.3 Å². The van der Waals surface area contributed by atoms with E-state index in [-0.39, 0.29) is 23.8 Å². The largest absolute Gasteiger partial charge is 0.394 e. The first kappa shape index (κ1) is 23.7. The zero-order valence-corrected chi connectivity index (χ0v) is 19.7. The first-order valence-electron chi connectivity index (χ1n) is 12.0. The number of ether oxygens (including phenoxy) is 1. The number of hydrogen-bond acceptors (Lipinski definition) is 6. The number of nitrogens with one attached hydrogen (secondary N) is 1. The summed E-state index contributed by atoms with van der Waals surface area (Å²) >= 11 is 0. The summed E-state index contributed by atoms with van der Waals surface area (Å²) < 4.78 is 5.50. The van der Waals surface area contributed by atoms with E-state index in [9.17, 15) is 9.90 Å². The van der Waals surface area contributed by atoms with Crippen molar-refractivity contribution in [2.45, 2.75) is 57.1 Å². The molecule has 2 aliphatic rings. The maximum atomic E-state index is 12.7. The van der Waals surface area contributed by atoms with Gasteiger partial charge in [-0.25, -0.2) is 0 Å². The predicted octanol–water partition coefficient (Wildman–Crippen LogP) is 4.06. The number of anilines is 2. The van der Waals surface area contributed by atoms with Crippen molar-refractivity contribution in [1.82, 2.24) is 0 Å². The van der Waals surface area contributed by atoms with Crippen LogP contribution in [0.25, 0.3) is 0 Å². The Labute approximate surface area is 196 Å². The quantitative estimate of drug-likeness (QED) is 0.524. The van der Waals surface area contributed by atoms with Crippen LogP contribution in [0, 0.1) is 0 Å². The molecule has 178 valence electrons. The van der Waals surface area contributed by atoms with Crippen molar-refractivity contribution < 1.29 is 19.7 Å². The van der Waals surface area contributed by atoms with Gasteiger partial charge >= 0.3 is 0 Å². The topological polar surface area (TPSA) is 82.0 Å². The summed E-state index contributed by atoms with van der Waals surface area (Å²) in [5, 5.41) is 22.2. The number of aliphatic hydroxyl groups excluding tert-OH is 2. The van der Waals surface area contributed by atoms with Crippen LogP contribution in [0.15, 0.2) is 42.5 Å². The number of aliphatic hydroxyl groups is 2. The average Bonchev–Trinajstić information content (AvgIpc) is 2.84. The molecule has 0 saturated carbocycles. The Hall–Kier alpha value is -2.41. The molecule has 4 rings (SSSR count). The monoisotopic (exact) mass is 452 g/mol.